The fourth-order valence-electron chi connectivity index (χ4n) is 14.2. The van der Waals surface area contributed by atoms with Gasteiger partial charge in [-0.25, -0.2) is 13.6 Å². The number of likely N-dealkylation sites (tertiary alicyclic amines) is 2. The number of carboxylic acid groups (broad SMARTS) is 1. The number of ether oxygens (including phenoxy) is 2. The molecule has 98 heavy (non-hydrogen) atoms. The number of piperidine rings is 2. The van der Waals surface area contributed by atoms with Crippen LogP contribution in [-0.4, -0.2) is 183 Å². The van der Waals surface area contributed by atoms with E-state index in [4.69, 9.17) is 9.47 Å². The number of rotatable bonds is 26. The third-order valence-electron chi connectivity index (χ3n) is 19.9. The van der Waals surface area contributed by atoms with Crippen LogP contribution in [0.1, 0.15) is 113 Å². The number of hydrogen-bond donors (Lipinski definition) is 2. The van der Waals surface area contributed by atoms with Crippen LogP contribution in [0.25, 0.3) is 11.1 Å². The first kappa shape index (κ1) is 72.3. The zero-order chi connectivity index (χ0) is 69.9. The summed E-state index contributed by atoms with van der Waals surface area (Å²) in [5, 5.41) is 13.5. The summed E-state index contributed by atoms with van der Waals surface area (Å²) in [5.41, 5.74) is -0.0838. The fourth-order valence-corrected chi connectivity index (χ4v) is 14.2. The Morgan fingerprint density at radius 1 is 0.663 bits per heavy atom. The molecule has 0 aromatic heterocycles. The first-order chi connectivity index (χ1) is 46.8. The third kappa shape index (κ3) is 17.3. The number of fused-ring (bicyclic) bond motifs is 2. The van der Waals surface area contributed by atoms with Gasteiger partial charge in [-0.1, -0.05) is 91.3 Å². The van der Waals surface area contributed by atoms with Crippen LogP contribution in [0.2, 0.25) is 0 Å². The lowest BCUT2D eigenvalue weighted by Gasteiger charge is -2.44. The van der Waals surface area contributed by atoms with Crippen LogP contribution in [0.15, 0.2) is 140 Å². The van der Waals surface area contributed by atoms with Gasteiger partial charge in [0.2, 0.25) is 11.8 Å². The monoisotopic (exact) mass is 1360 g/mol. The number of unbranched alkanes of at least 4 members (excludes halogenated alkanes) is 2. The number of nitrogens with zero attached hydrogens (tertiary/aromatic N) is 7. The zero-order valence-electron chi connectivity index (χ0n) is 55.4. The number of hydrogen-bond acceptors (Lipinski definition) is 10. The second-order valence-corrected chi connectivity index (χ2v) is 26.2. The topological polar surface area (TPSA) is 159 Å². The molecule has 0 saturated carbocycles. The molecule has 6 aromatic rings. The van der Waals surface area contributed by atoms with Crippen LogP contribution < -0.4 is 10.2 Å². The highest BCUT2D eigenvalue weighted by atomic mass is 19.4. The van der Waals surface area contributed by atoms with Crippen molar-refractivity contribution >= 4 is 41.1 Å². The minimum absolute atomic E-state index is 0.0366. The zero-order valence-corrected chi connectivity index (χ0v) is 55.4. The molecule has 524 valence electrons. The maximum atomic E-state index is 15.4. The molecule has 5 amide bonds. The molecule has 3 aliphatic heterocycles. The van der Waals surface area contributed by atoms with E-state index < -0.39 is 70.4 Å². The lowest BCUT2D eigenvalue weighted by Crippen LogP contribution is -2.50. The third-order valence-corrected chi connectivity index (χ3v) is 19.9. The van der Waals surface area contributed by atoms with E-state index in [1.54, 1.807) is 37.0 Å². The van der Waals surface area contributed by atoms with Crippen molar-refractivity contribution in [2.75, 3.05) is 117 Å². The number of nitrogens with one attached hydrogen (secondary N) is 1. The molecule has 0 unspecified atom stereocenters. The molecule has 2 N–H and O–H groups in total. The van der Waals surface area contributed by atoms with Gasteiger partial charge in [-0.2, -0.15) is 26.3 Å². The maximum absolute atomic E-state index is 15.4. The van der Waals surface area contributed by atoms with Gasteiger partial charge in [0.25, 0.3) is 11.8 Å². The van der Waals surface area contributed by atoms with Crippen LogP contribution in [0.5, 0.6) is 0 Å². The van der Waals surface area contributed by atoms with E-state index >= 15 is 4.39 Å². The minimum atomic E-state index is -5.16. The normalized spacial score (nSPS) is 18.2. The highest BCUT2D eigenvalue weighted by molar-refractivity contribution is 5.96. The van der Waals surface area contributed by atoms with E-state index in [1.807, 2.05) is 66.7 Å². The predicted molar refractivity (Wildman–Crippen MR) is 355 cm³/mol. The Balaban J connectivity index is 0.623. The van der Waals surface area contributed by atoms with Gasteiger partial charge < -0.3 is 49.3 Å². The Kier molecular flexibility index (Phi) is 23.3. The molecule has 4 aliphatic rings. The summed E-state index contributed by atoms with van der Waals surface area (Å²) in [6, 6.07) is 35.7. The fraction of sp³-hybridized carbons (Fsp3) is 0.446. The SMILES string of the molecule is CN(CCN1CCC(N(C(=O)O)c2ccccc2-c2ccccc2)CC1)C(=O)CCCCCNc1ccc(C(=O)N(C)CCCN(C)C(=O)CO[C@H]2Cc3ccccc3C23CCN(CC[C@@]2(c4ccc(F)cc4)CN(C(=O)c4cc(C(F)(F)F)cc(C(F)(F)F)c4)CO2)CC3)cc1F. The van der Waals surface area contributed by atoms with Crippen molar-refractivity contribution in [3.8, 4) is 11.1 Å². The smallest absolute Gasteiger partial charge is 0.416 e. The number of benzene rings is 6. The number of alkyl halides is 6. The van der Waals surface area contributed by atoms with Crippen LogP contribution in [0.3, 0.4) is 0 Å². The molecular weight excluding hydrogens is 1280 g/mol. The predicted octanol–water partition coefficient (Wildman–Crippen LogP) is 13.1. The summed E-state index contributed by atoms with van der Waals surface area (Å²) in [7, 11) is 5.09. The lowest BCUT2D eigenvalue weighted by molar-refractivity contribution is -0.143. The van der Waals surface area contributed by atoms with E-state index in [1.165, 1.54) is 46.2 Å². The van der Waals surface area contributed by atoms with E-state index in [-0.39, 0.29) is 73.3 Å². The average Bonchev–Trinajstić information content (AvgIpc) is 1.58. The van der Waals surface area contributed by atoms with Crippen molar-refractivity contribution in [1.29, 1.82) is 0 Å². The van der Waals surface area contributed by atoms with Gasteiger partial charge in [0.1, 0.15) is 30.6 Å². The molecule has 0 bridgehead atoms. The van der Waals surface area contributed by atoms with Gasteiger partial charge in [0.15, 0.2) is 0 Å². The van der Waals surface area contributed by atoms with Crippen molar-refractivity contribution in [1.82, 2.24) is 29.4 Å². The van der Waals surface area contributed by atoms with Crippen LogP contribution >= 0.6 is 0 Å². The number of para-hydroxylation sites is 1. The van der Waals surface area contributed by atoms with Crippen molar-refractivity contribution in [3.05, 3.63) is 190 Å². The number of halogens is 8. The summed E-state index contributed by atoms with van der Waals surface area (Å²) in [6.45, 7) is 4.46. The Morgan fingerprint density at radius 2 is 1.31 bits per heavy atom. The molecule has 3 heterocycles. The molecule has 24 heteroatoms. The maximum Gasteiger partial charge on any atom is 0.416 e. The van der Waals surface area contributed by atoms with Crippen molar-refractivity contribution < 1.29 is 73.7 Å². The molecule has 16 nitrogen and oxygen atoms in total. The molecular formula is C74H84F8N8O8. The Hall–Kier alpha value is -8.45. The first-order valence-corrected chi connectivity index (χ1v) is 33.4. The van der Waals surface area contributed by atoms with Crippen LogP contribution in [-0.2, 0) is 48.9 Å². The molecule has 2 atom stereocenters. The number of amides is 5. The van der Waals surface area contributed by atoms with E-state index in [2.05, 4.69) is 27.2 Å². The van der Waals surface area contributed by atoms with Crippen molar-refractivity contribution in [3.63, 3.8) is 0 Å². The molecule has 3 fully saturated rings. The van der Waals surface area contributed by atoms with Gasteiger partial charge in [0, 0.05) is 108 Å². The molecule has 1 aliphatic carbocycles. The minimum Gasteiger partial charge on any atom is -0.465 e. The van der Waals surface area contributed by atoms with Gasteiger partial charge in [-0.15, -0.1) is 0 Å². The summed E-state index contributed by atoms with van der Waals surface area (Å²) >= 11 is 0. The standard InChI is InChI=1S/C74H84F8N8O8/c1-84(34-14-35-86(3)68(93)53-22-27-63(62(76)45-53)83-33-13-5-8-21-66(91)85(2)41-42-87-36-28-59(29-37-87)90(70(95)96)64-20-12-10-18-60(64)51-15-6-4-7-16-51)67(92)48-97-65-46-52-17-9-11-19-61(52)71(65)30-38-88(39-31-71)40-32-72(55-23-25-58(75)26-24-55)49-89(50-98-72)69(94)54-43-56(73(77,78)79)47-57(44-54)74(80,81)82/h4,6-7,9-12,15-20,22-27,43-45,47,59,65,83H,5,8,13-14,21,28-42,46,48-50H2,1-3H3,(H,95,96)/t65-,72-/m0/s1. The highest BCUT2D eigenvalue weighted by Crippen LogP contribution is 2.49. The number of carbonyl (C=O) groups is 5. The second kappa shape index (κ2) is 31.6. The Morgan fingerprint density at radius 3 is 1.99 bits per heavy atom. The number of carbonyl (C=O) groups excluding carboxylic acids is 4. The van der Waals surface area contributed by atoms with Gasteiger partial charge in [-0.3, -0.25) is 24.1 Å². The summed E-state index contributed by atoms with van der Waals surface area (Å²) in [6.07, 6.45) is -5.23. The largest absolute Gasteiger partial charge is 0.465 e. The quantitative estimate of drug-likeness (QED) is 0.0393. The van der Waals surface area contributed by atoms with Gasteiger partial charge in [0.05, 0.1) is 35.2 Å². The van der Waals surface area contributed by atoms with Crippen LogP contribution in [0, 0.1) is 11.6 Å². The van der Waals surface area contributed by atoms with E-state index in [0.717, 1.165) is 46.7 Å². The summed E-state index contributed by atoms with van der Waals surface area (Å²) in [5.74, 6) is -2.78. The molecule has 10 rings (SSSR count). The molecule has 3 saturated heterocycles. The van der Waals surface area contributed by atoms with Crippen LogP contribution in [0.4, 0.5) is 51.3 Å². The Bertz CT molecular complexity index is 3720. The number of anilines is 2. The molecule has 1 spiro atoms. The van der Waals surface area contributed by atoms with Crippen molar-refractivity contribution in [2.45, 2.75) is 106 Å². The van der Waals surface area contributed by atoms with E-state index in [0.29, 0.717) is 127 Å². The number of likely N-dealkylation sites (N-methyl/N-ethyl adjacent to an activating group) is 2. The summed E-state index contributed by atoms with van der Waals surface area (Å²) in [4.78, 5) is 78.4. The summed E-state index contributed by atoms with van der Waals surface area (Å²) < 4.78 is 125. The van der Waals surface area contributed by atoms with Crippen molar-refractivity contribution in [2.24, 2.45) is 0 Å². The second-order valence-electron chi connectivity index (χ2n) is 26.2. The van der Waals surface area contributed by atoms with E-state index in [9.17, 15) is 59.8 Å². The Labute approximate surface area is 566 Å². The highest BCUT2D eigenvalue weighted by Gasteiger charge is 2.50. The lowest BCUT2D eigenvalue weighted by atomic mass is 9.72. The van der Waals surface area contributed by atoms with Gasteiger partial charge >= 0.3 is 18.4 Å². The van der Waals surface area contributed by atoms with Gasteiger partial charge in [-0.05, 0) is 148 Å². The molecule has 6 aromatic carbocycles. The average molecular weight is 1370 g/mol. The first-order valence-electron chi connectivity index (χ1n) is 33.4. The molecule has 0 radical (unpaired) electrons.